The standard InChI is InChI=1S/C18H29N3/c1-15-6-5-9-18(14-19)21(15)17-10-12-20(13-11-17)16-7-3-2-4-8-16/h2-4,7-8,15,17-18H,5-6,9-14,19H2,1H3. The molecular weight excluding hydrogens is 258 g/mol. The maximum absolute atomic E-state index is 6.03. The summed E-state index contributed by atoms with van der Waals surface area (Å²) in [5.41, 5.74) is 7.40. The number of piperidine rings is 2. The van der Waals surface area contributed by atoms with Crippen molar-refractivity contribution in [1.29, 1.82) is 0 Å². The predicted molar refractivity (Wildman–Crippen MR) is 89.7 cm³/mol. The van der Waals surface area contributed by atoms with Crippen molar-refractivity contribution in [3.8, 4) is 0 Å². The Kier molecular flexibility index (Phi) is 4.81. The molecule has 2 saturated heterocycles. The summed E-state index contributed by atoms with van der Waals surface area (Å²) in [5.74, 6) is 0. The molecule has 2 heterocycles. The van der Waals surface area contributed by atoms with E-state index in [1.54, 1.807) is 0 Å². The van der Waals surface area contributed by atoms with E-state index in [4.69, 9.17) is 5.73 Å². The fourth-order valence-corrected chi connectivity index (χ4v) is 4.27. The van der Waals surface area contributed by atoms with Crippen LogP contribution in [0.4, 0.5) is 5.69 Å². The summed E-state index contributed by atoms with van der Waals surface area (Å²) in [4.78, 5) is 5.29. The van der Waals surface area contributed by atoms with Gasteiger partial charge in [0.1, 0.15) is 0 Å². The molecule has 2 unspecified atom stereocenters. The van der Waals surface area contributed by atoms with E-state index in [-0.39, 0.29) is 0 Å². The van der Waals surface area contributed by atoms with Crippen molar-refractivity contribution in [1.82, 2.24) is 4.90 Å². The Hall–Kier alpha value is -1.06. The van der Waals surface area contributed by atoms with Crippen LogP contribution in [0.3, 0.4) is 0 Å². The van der Waals surface area contributed by atoms with Gasteiger partial charge in [-0.05, 0) is 44.7 Å². The maximum atomic E-state index is 6.03. The SMILES string of the molecule is CC1CCCC(CN)N1C1CCN(c2ccccc2)CC1. The molecule has 2 atom stereocenters. The van der Waals surface area contributed by atoms with Gasteiger partial charge in [-0.2, -0.15) is 0 Å². The van der Waals surface area contributed by atoms with Gasteiger partial charge >= 0.3 is 0 Å². The van der Waals surface area contributed by atoms with Gasteiger partial charge in [0, 0.05) is 43.4 Å². The average Bonchev–Trinajstić information content (AvgIpc) is 2.55. The Balaban J connectivity index is 1.62. The lowest BCUT2D eigenvalue weighted by Gasteiger charge is -2.48. The number of nitrogens with zero attached hydrogens (tertiary/aromatic N) is 2. The van der Waals surface area contributed by atoms with Crippen molar-refractivity contribution >= 4 is 5.69 Å². The van der Waals surface area contributed by atoms with Crippen molar-refractivity contribution in [2.75, 3.05) is 24.5 Å². The van der Waals surface area contributed by atoms with E-state index < -0.39 is 0 Å². The second kappa shape index (κ2) is 6.80. The highest BCUT2D eigenvalue weighted by Crippen LogP contribution is 2.30. The van der Waals surface area contributed by atoms with Crippen LogP contribution in [0.2, 0.25) is 0 Å². The second-order valence-corrected chi connectivity index (χ2v) is 6.67. The van der Waals surface area contributed by atoms with Crippen molar-refractivity contribution < 1.29 is 0 Å². The average molecular weight is 287 g/mol. The molecule has 0 aliphatic carbocycles. The zero-order valence-electron chi connectivity index (χ0n) is 13.2. The lowest BCUT2D eigenvalue weighted by Crippen LogP contribution is -2.56. The van der Waals surface area contributed by atoms with Crippen LogP contribution >= 0.6 is 0 Å². The minimum atomic E-state index is 0.613. The van der Waals surface area contributed by atoms with Crippen LogP contribution < -0.4 is 10.6 Å². The highest BCUT2D eigenvalue weighted by molar-refractivity contribution is 5.46. The Morgan fingerprint density at radius 2 is 1.76 bits per heavy atom. The van der Waals surface area contributed by atoms with E-state index in [1.807, 2.05) is 0 Å². The molecule has 116 valence electrons. The Labute approximate surface area is 129 Å². The van der Waals surface area contributed by atoms with Gasteiger partial charge in [-0.1, -0.05) is 24.6 Å². The van der Waals surface area contributed by atoms with E-state index >= 15 is 0 Å². The fraction of sp³-hybridized carbons (Fsp3) is 0.667. The van der Waals surface area contributed by atoms with E-state index in [1.165, 1.54) is 50.9 Å². The summed E-state index contributed by atoms with van der Waals surface area (Å²) >= 11 is 0. The molecule has 1 aromatic rings. The number of nitrogens with two attached hydrogens (primary N) is 1. The molecule has 2 fully saturated rings. The number of rotatable bonds is 3. The smallest absolute Gasteiger partial charge is 0.0366 e. The topological polar surface area (TPSA) is 32.5 Å². The fourth-order valence-electron chi connectivity index (χ4n) is 4.27. The molecule has 3 rings (SSSR count). The lowest BCUT2D eigenvalue weighted by molar-refractivity contribution is 0.0388. The molecule has 0 spiro atoms. The summed E-state index contributed by atoms with van der Waals surface area (Å²) in [5, 5.41) is 0. The number of hydrogen-bond donors (Lipinski definition) is 1. The van der Waals surface area contributed by atoms with Gasteiger partial charge in [0.25, 0.3) is 0 Å². The Morgan fingerprint density at radius 1 is 1.05 bits per heavy atom. The van der Waals surface area contributed by atoms with Gasteiger partial charge in [0.15, 0.2) is 0 Å². The van der Waals surface area contributed by atoms with Gasteiger partial charge in [-0.15, -0.1) is 0 Å². The number of benzene rings is 1. The largest absolute Gasteiger partial charge is 0.371 e. The zero-order chi connectivity index (χ0) is 14.7. The Bertz CT molecular complexity index is 425. The number of anilines is 1. The zero-order valence-corrected chi connectivity index (χ0v) is 13.2. The van der Waals surface area contributed by atoms with Crippen molar-refractivity contribution in [2.24, 2.45) is 5.73 Å². The molecule has 1 aromatic carbocycles. The predicted octanol–water partition coefficient (Wildman–Crippen LogP) is 2.86. The van der Waals surface area contributed by atoms with Crippen LogP contribution in [0.25, 0.3) is 0 Å². The molecule has 0 radical (unpaired) electrons. The minimum Gasteiger partial charge on any atom is -0.371 e. The third kappa shape index (κ3) is 3.24. The van der Waals surface area contributed by atoms with E-state index in [0.29, 0.717) is 12.1 Å². The molecule has 0 bridgehead atoms. The summed E-state index contributed by atoms with van der Waals surface area (Å²) in [6.07, 6.45) is 6.53. The van der Waals surface area contributed by atoms with Crippen LogP contribution in [0.15, 0.2) is 30.3 Å². The van der Waals surface area contributed by atoms with E-state index in [0.717, 1.165) is 12.6 Å². The molecule has 3 heteroatoms. The van der Waals surface area contributed by atoms with E-state index in [9.17, 15) is 0 Å². The molecule has 0 amide bonds. The first-order valence-corrected chi connectivity index (χ1v) is 8.57. The van der Waals surface area contributed by atoms with Gasteiger partial charge in [0.05, 0.1) is 0 Å². The molecule has 2 N–H and O–H groups in total. The first-order chi connectivity index (χ1) is 10.3. The van der Waals surface area contributed by atoms with Crippen molar-refractivity contribution in [3.63, 3.8) is 0 Å². The first-order valence-electron chi connectivity index (χ1n) is 8.57. The lowest BCUT2D eigenvalue weighted by atomic mass is 9.91. The molecule has 3 nitrogen and oxygen atoms in total. The molecule has 0 saturated carbocycles. The normalized spacial score (nSPS) is 28.8. The third-order valence-corrected chi connectivity index (χ3v) is 5.37. The minimum absolute atomic E-state index is 0.613. The van der Waals surface area contributed by atoms with Gasteiger partial charge < -0.3 is 10.6 Å². The molecule has 2 aliphatic rings. The van der Waals surface area contributed by atoms with Crippen LogP contribution in [0.1, 0.15) is 39.0 Å². The van der Waals surface area contributed by atoms with E-state index in [2.05, 4.69) is 47.1 Å². The van der Waals surface area contributed by atoms with Crippen molar-refractivity contribution in [2.45, 2.75) is 57.2 Å². The second-order valence-electron chi connectivity index (χ2n) is 6.67. The molecule has 0 aromatic heterocycles. The van der Waals surface area contributed by atoms with Crippen LogP contribution in [-0.4, -0.2) is 42.7 Å². The summed E-state index contributed by atoms with van der Waals surface area (Å²) in [6.45, 7) is 5.57. The quantitative estimate of drug-likeness (QED) is 0.928. The summed E-state index contributed by atoms with van der Waals surface area (Å²) in [7, 11) is 0. The number of para-hydroxylation sites is 1. The molecule has 2 aliphatic heterocycles. The van der Waals surface area contributed by atoms with Gasteiger partial charge in [-0.25, -0.2) is 0 Å². The highest BCUT2D eigenvalue weighted by Gasteiger charge is 2.34. The molecular formula is C18H29N3. The highest BCUT2D eigenvalue weighted by atomic mass is 15.3. The number of hydrogen-bond acceptors (Lipinski definition) is 3. The third-order valence-electron chi connectivity index (χ3n) is 5.37. The summed E-state index contributed by atoms with van der Waals surface area (Å²) < 4.78 is 0. The van der Waals surface area contributed by atoms with Gasteiger partial charge in [-0.3, -0.25) is 4.90 Å². The van der Waals surface area contributed by atoms with Crippen LogP contribution in [-0.2, 0) is 0 Å². The monoisotopic (exact) mass is 287 g/mol. The van der Waals surface area contributed by atoms with Crippen molar-refractivity contribution in [3.05, 3.63) is 30.3 Å². The van der Waals surface area contributed by atoms with Gasteiger partial charge in [0.2, 0.25) is 0 Å². The Morgan fingerprint density at radius 3 is 2.43 bits per heavy atom. The molecule has 21 heavy (non-hydrogen) atoms. The summed E-state index contributed by atoms with van der Waals surface area (Å²) in [6, 6.07) is 12.9. The first kappa shape index (κ1) is 14.9. The maximum Gasteiger partial charge on any atom is 0.0366 e. The number of likely N-dealkylation sites (tertiary alicyclic amines) is 1. The van der Waals surface area contributed by atoms with Crippen LogP contribution in [0.5, 0.6) is 0 Å². The van der Waals surface area contributed by atoms with Crippen LogP contribution in [0, 0.1) is 0 Å².